The predicted octanol–water partition coefficient (Wildman–Crippen LogP) is 4.02. The summed E-state index contributed by atoms with van der Waals surface area (Å²) in [7, 11) is 0. The molecule has 0 bridgehead atoms. The number of alkyl halides is 2. The molecule has 0 saturated heterocycles. The first-order chi connectivity index (χ1) is 9.90. The van der Waals surface area contributed by atoms with Crippen LogP contribution < -0.4 is 10.5 Å². The van der Waals surface area contributed by atoms with Gasteiger partial charge >= 0.3 is 5.92 Å². The van der Waals surface area contributed by atoms with Crippen molar-refractivity contribution in [1.29, 1.82) is 0 Å². The van der Waals surface area contributed by atoms with Gasteiger partial charge in [-0.3, -0.25) is 0 Å². The van der Waals surface area contributed by atoms with Crippen LogP contribution in [0, 0.1) is 5.82 Å². The summed E-state index contributed by atoms with van der Waals surface area (Å²) in [6.45, 7) is 0.805. The second-order valence-corrected chi connectivity index (χ2v) is 4.83. The molecule has 21 heavy (non-hydrogen) atoms. The van der Waals surface area contributed by atoms with Crippen LogP contribution in [0.4, 0.5) is 13.2 Å². The van der Waals surface area contributed by atoms with Gasteiger partial charge in [0.1, 0.15) is 11.6 Å². The molecule has 0 spiro atoms. The summed E-state index contributed by atoms with van der Waals surface area (Å²) in [6, 6.07) is 10.6. The number of benzene rings is 2. The first-order valence-corrected chi connectivity index (χ1v) is 6.51. The van der Waals surface area contributed by atoms with Crippen molar-refractivity contribution < 1.29 is 17.9 Å². The monoisotopic (exact) mass is 295 g/mol. The SMILES string of the molecule is C[C@@H](N)c1cc(F)ccc1OCC(F)(F)c1ccccc1. The third-order valence-corrected chi connectivity index (χ3v) is 3.07. The zero-order chi connectivity index (χ0) is 15.5. The van der Waals surface area contributed by atoms with E-state index in [2.05, 4.69) is 0 Å². The van der Waals surface area contributed by atoms with E-state index in [0.29, 0.717) is 5.56 Å². The van der Waals surface area contributed by atoms with Crippen molar-refractivity contribution in [1.82, 2.24) is 0 Å². The Labute approximate surface area is 121 Å². The summed E-state index contributed by atoms with van der Waals surface area (Å²) in [5, 5.41) is 0. The molecular formula is C16H16F3NO. The molecule has 2 rings (SSSR count). The van der Waals surface area contributed by atoms with Crippen molar-refractivity contribution >= 4 is 0 Å². The highest BCUT2D eigenvalue weighted by molar-refractivity contribution is 5.36. The molecular weight excluding hydrogens is 279 g/mol. The maximum absolute atomic E-state index is 14.0. The minimum Gasteiger partial charge on any atom is -0.487 e. The van der Waals surface area contributed by atoms with Crippen LogP contribution >= 0.6 is 0 Å². The molecule has 2 N–H and O–H groups in total. The van der Waals surface area contributed by atoms with E-state index in [-0.39, 0.29) is 11.3 Å². The number of hydrogen-bond donors (Lipinski definition) is 1. The lowest BCUT2D eigenvalue weighted by Crippen LogP contribution is -2.23. The fourth-order valence-electron chi connectivity index (χ4n) is 1.94. The Kier molecular flexibility index (Phi) is 4.53. The van der Waals surface area contributed by atoms with Crippen LogP contribution in [0.1, 0.15) is 24.1 Å². The van der Waals surface area contributed by atoms with Gasteiger partial charge in [0.05, 0.1) is 0 Å². The maximum atomic E-state index is 14.0. The molecule has 0 aliphatic rings. The van der Waals surface area contributed by atoms with Gasteiger partial charge in [0.25, 0.3) is 0 Å². The largest absolute Gasteiger partial charge is 0.487 e. The average Bonchev–Trinajstić information content (AvgIpc) is 2.47. The van der Waals surface area contributed by atoms with Crippen molar-refractivity contribution in [2.45, 2.75) is 18.9 Å². The Morgan fingerprint density at radius 2 is 1.81 bits per heavy atom. The molecule has 1 atom stereocenters. The van der Waals surface area contributed by atoms with Crippen molar-refractivity contribution in [2.24, 2.45) is 5.73 Å². The van der Waals surface area contributed by atoms with Gasteiger partial charge in [0.2, 0.25) is 0 Å². The molecule has 2 nitrogen and oxygen atoms in total. The first-order valence-electron chi connectivity index (χ1n) is 6.51. The summed E-state index contributed by atoms with van der Waals surface area (Å²) in [6.07, 6.45) is 0. The number of hydrogen-bond acceptors (Lipinski definition) is 2. The molecule has 112 valence electrons. The summed E-state index contributed by atoms with van der Waals surface area (Å²) in [5.74, 6) is -3.45. The lowest BCUT2D eigenvalue weighted by Gasteiger charge is -2.20. The number of ether oxygens (including phenoxy) is 1. The van der Waals surface area contributed by atoms with Gasteiger partial charge in [0, 0.05) is 17.2 Å². The van der Waals surface area contributed by atoms with Gasteiger partial charge in [-0.15, -0.1) is 0 Å². The lowest BCUT2D eigenvalue weighted by molar-refractivity contribution is -0.0470. The Balaban J connectivity index is 2.16. The van der Waals surface area contributed by atoms with Crippen LogP contribution in [-0.4, -0.2) is 6.61 Å². The average molecular weight is 295 g/mol. The summed E-state index contributed by atoms with van der Waals surface area (Å²) < 4.78 is 46.4. The fraction of sp³-hybridized carbons (Fsp3) is 0.250. The fourth-order valence-corrected chi connectivity index (χ4v) is 1.94. The molecule has 0 aromatic heterocycles. The zero-order valence-corrected chi connectivity index (χ0v) is 11.5. The Bertz CT molecular complexity index is 600. The normalized spacial score (nSPS) is 13.0. The lowest BCUT2D eigenvalue weighted by atomic mass is 10.1. The molecule has 5 heteroatoms. The minimum absolute atomic E-state index is 0.130. The molecule has 0 unspecified atom stereocenters. The third kappa shape index (κ3) is 3.76. The van der Waals surface area contributed by atoms with E-state index in [4.69, 9.17) is 10.5 Å². The summed E-state index contributed by atoms with van der Waals surface area (Å²) >= 11 is 0. The number of halogens is 3. The van der Waals surface area contributed by atoms with Crippen LogP contribution in [0.2, 0.25) is 0 Å². The second kappa shape index (κ2) is 6.18. The first kappa shape index (κ1) is 15.4. The minimum atomic E-state index is -3.13. The van der Waals surface area contributed by atoms with E-state index in [1.807, 2.05) is 0 Å². The highest BCUT2D eigenvalue weighted by Crippen LogP contribution is 2.31. The molecule has 0 amide bonds. The van der Waals surface area contributed by atoms with Gasteiger partial charge in [-0.25, -0.2) is 4.39 Å². The van der Waals surface area contributed by atoms with Gasteiger partial charge in [-0.05, 0) is 25.1 Å². The molecule has 0 aliphatic carbocycles. The van der Waals surface area contributed by atoms with E-state index >= 15 is 0 Å². The summed E-state index contributed by atoms with van der Waals surface area (Å²) in [5.41, 5.74) is 5.93. The van der Waals surface area contributed by atoms with Crippen LogP contribution in [0.3, 0.4) is 0 Å². The van der Waals surface area contributed by atoms with Crippen molar-refractivity contribution in [3.05, 3.63) is 65.5 Å². The van der Waals surface area contributed by atoms with E-state index in [1.165, 1.54) is 36.4 Å². The van der Waals surface area contributed by atoms with Crippen molar-refractivity contribution in [3.8, 4) is 5.75 Å². The molecule has 0 radical (unpaired) electrons. The summed E-state index contributed by atoms with van der Waals surface area (Å²) in [4.78, 5) is 0. The van der Waals surface area contributed by atoms with E-state index in [9.17, 15) is 13.2 Å². The quantitative estimate of drug-likeness (QED) is 0.904. The standard InChI is InChI=1S/C16H16F3NO/c1-11(20)14-9-13(17)7-8-15(14)21-10-16(18,19)12-5-3-2-4-6-12/h2-9,11H,10,20H2,1H3/t11-/m1/s1. The van der Waals surface area contributed by atoms with Gasteiger partial charge < -0.3 is 10.5 Å². The Morgan fingerprint density at radius 1 is 1.14 bits per heavy atom. The van der Waals surface area contributed by atoms with E-state index in [0.717, 1.165) is 6.07 Å². The van der Waals surface area contributed by atoms with Crippen LogP contribution in [0.25, 0.3) is 0 Å². The van der Waals surface area contributed by atoms with Gasteiger partial charge in [-0.1, -0.05) is 30.3 Å². The third-order valence-electron chi connectivity index (χ3n) is 3.07. The van der Waals surface area contributed by atoms with Crippen LogP contribution in [-0.2, 0) is 5.92 Å². The van der Waals surface area contributed by atoms with Crippen molar-refractivity contribution in [3.63, 3.8) is 0 Å². The number of rotatable bonds is 5. The zero-order valence-electron chi connectivity index (χ0n) is 11.5. The number of nitrogens with two attached hydrogens (primary N) is 1. The Hall–Kier alpha value is -2.01. The van der Waals surface area contributed by atoms with E-state index < -0.39 is 24.4 Å². The van der Waals surface area contributed by atoms with Crippen LogP contribution in [0.15, 0.2) is 48.5 Å². The van der Waals surface area contributed by atoms with Crippen molar-refractivity contribution in [2.75, 3.05) is 6.61 Å². The molecule has 0 heterocycles. The molecule has 0 saturated carbocycles. The molecule has 0 fully saturated rings. The predicted molar refractivity (Wildman–Crippen MR) is 74.8 cm³/mol. The Morgan fingerprint density at radius 3 is 2.43 bits per heavy atom. The van der Waals surface area contributed by atoms with Crippen LogP contribution in [0.5, 0.6) is 5.75 Å². The maximum Gasteiger partial charge on any atom is 0.306 e. The highest BCUT2D eigenvalue weighted by Gasteiger charge is 2.32. The highest BCUT2D eigenvalue weighted by atomic mass is 19.3. The molecule has 2 aromatic rings. The molecule has 0 aliphatic heterocycles. The second-order valence-electron chi connectivity index (χ2n) is 4.83. The van der Waals surface area contributed by atoms with Gasteiger partial charge in [0.15, 0.2) is 6.61 Å². The smallest absolute Gasteiger partial charge is 0.306 e. The van der Waals surface area contributed by atoms with Gasteiger partial charge in [-0.2, -0.15) is 8.78 Å². The van der Waals surface area contributed by atoms with E-state index in [1.54, 1.807) is 13.0 Å². The molecule has 2 aromatic carbocycles. The topological polar surface area (TPSA) is 35.2 Å².